The van der Waals surface area contributed by atoms with Gasteiger partial charge in [0, 0.05) is 25.5 Å². The molecule has 1 aliphatic rings. The molecule has 1 aliphatic heterocycles. The molecule has 1 fully saturated rings. The lowest BCUT2D eigenvalue weighted by Crippen LogP contribution is -2.17. The minimum Gasteiger partial charge on any atom is -0.381 e. The molecule has 1 aromatic heterocycles. The molecule has 78 valence electrons. The Hall–Kier alpha value is -0.870. The summed E-state index contributed by atoms with van der Waals surface area (Å²) >= 11 is 0. The Bertz CT molecular complexity index is 279. The average molecular weight is 195 g/mol. The van der Waals surface area contributed by atoms with Crippen LogP contribution < -0.4 is 5.73 Å². The van der Waals surface area contributed by atoms with Crippen LogP contribution in [0.4, 0.5) is 0 Å². The fourth-order valence-corrected chi connectivity index (χ4v) is 1.86. The van der Waals surface area contributed by atoms with E-state index in [1.807, 2.05) is 0 Å². The maximum absolute atomic E-state index is 5.51. The lowest BCUT2D eigenvalue weighted by atomic mass is 9.95. The Morgan fingerprint density at radius 1 is 1.50 bits per heavy atom. The second-order valence-corrected chi connectivity index (χ2v) is 3.85. The molecule has 2 rings (SSSR count). The fourth-order valence-electron chi connectivity index (χ4n) is 1.86. The molecule has 14 heavy (non-hydrogen) atoms. The Morgan fingerprint density at radius 2 is 2.29 bits per heavy atom. The van der Waals surface area contributed by atoms with Gasteiger partial charge in [0.15, 0.2) is 0 Å². The first-order chi connectivity index (χ1) is 6.88. The van der Waals surface area contributed by atoms with Gasteiger partial charge in [-0.05, 0) is 31.2 Å². The largest absolute Gasteiger partial charge is 0.381 e. The van der Waals surface area contributed by atoms with Gasteiger partial charge in [-0.3, -0.25) is 5.10 Å². The molecule has 0 aromatic carbocycles. The van der Waals surface area contributed by atoms with Crippen LogP contribution in [-0.2, 0) is 17.7 Å². The number of H-pyrrole nitrogens is 1. The summed E-state index contributed by atoms with van der Waals surface area (Å²) in [6.45, 7) is 2.35. The Balaban J connectivity index is 1.89. The van der Waals surface area contributed by atoms with Gasteiger partial charge in [0.05, 0.1) is 5.69 Å². The number of hydrogen-bond donors (Lipinski definition) is 2. The molecule has 4 heteroatoms. The number of hydrogen-bond acceptors (Lipinski definition) is 3. The van der Waals surface area contributed by atoms with Gasteiger partial charge in [-0.2, -0.15) is 5.10 Å². The summed E-state index contributed by atoms with van der Waals surface area (Å²) < 4.78 is 5.32. The summed E-state index contributed by atoms with van der Waals surface area (Å²) in [5.74, 6) is 0.734. The van der Waals surface area contributed by atoms with Crippen LogP contribution in [0.2, 0.25) is 0 Å². The zero-order chi connectivity index (χ0) is 9.80. The molecule has 0 aliphatic carbocycles. The summed E-state index contributed by atoms with van der Waals surface area (Å²) in [6.07, 6.45) is 3.37. The molecule has 3 N–H and O–H groups in total. The first-order valence-electron chi connectivity index (χ1n) is 5.19. The van der Waals surface area contributed by atoms with Gasteiger partial charge >= 0.3 is 0 Å². The third kappa shape index (κ3) is 2.33. The highest BCUT2D eigenvalue weighted by molar-refractivity contribution is 5.08. The van der Waals surface area contributed by atoms with Crippen LogP contribution in [0.15, 0.2) is 6.07 Å². The number of nitrogens with zero attached hydrogens (tertiary/aromatic N) is 1. The van der Waals surface area contributed by atoms with Crippen molar-refractivity contribution in [1.29, 1.82) is 0 Å². The van der Waals surface area contributed by atoms with Crippen molar-refractivity contribution in [2.24, 2.45) is 11.7 Å². The predicted octanol–water partition coefficient (Wildman–Crippen LogP) is 0.837. The van der Waals surface area contributed by atoms with Crippen LogP contribution in [0, 0.1) is 5.92 Å². The summed E-state index contributed by atoms with van der Waals surface area (Å²) in [4.78, 5) is 0. The first kappa shape index (κ1) is 9.68. The maximum Gasteiger partial charge on any atom is 0.0628 e. The maximum atomic E-state index is 5.51. The van der Waals surface area contributed by atoms with Gasteiger partial charge in [-0.1, -0.05) is 0 Å². The van der Waals surface area contributed by atoms with E-state index in [4.69, 9.17) is 10.5 Å². The van der Waals surface area contributed by atoms with Crippen LogP contribution in [0.3, 0.4) is 0 Å². The van der Waals surface area contributed by atoms with Gasteiger partial charge in [0.2, 0.25) is 0 Å². The lowest BCUT2D eigenvalue weighted by Gasteiger charge is -2.20. The van der Waals surface area contributed by atoms with Crippen molar-refractivity contribution in [3.05, 3.63) is 17.5 Å². The Labute approximate surface area is 83.8 Å². The van der Waals surface area contributed by atoms with E-state index in [1.165, 1.54) is 0 Å². The zero-order valence-electron chi connectivity index (χ0n) is 8.33. The topological polar surface area (TPSA) is 63.9 Å². The quantitative estimate of drug-likeness (QED) is 0.751. The molecule has 0 unspecified atom stereocenters. The number of aromatic nitrogens is 2. The highest BCUT2D eigenvalue weighted by atomic mass is 16.5. The van der Waals surface area contributed by atoms with Crippen molar-refractivity contribution in [3.63, 3.8) is 0 Å². The van der Waals surface area contributed by atoms with Gasteiger partial charge in [0.25, 0.3) is 0 Å². The number of nitrogens with two attached hydrogens (primary N) is 1. The average Bonchev–Trinajstić information content (AvgIpc) is 2.67. The minimum atomic E-state index is 0.542. The number of aromatic amines is 1. The highest BCUT2D eigenvalue weighted by Gasteiger charge is 2.15. The second-order valence-electron chi connectivity index (χ2n) is 3.85. The van der Waals surface area contributed by atoms with Crippen LogP contribution in [0.1, 0.15) is 24.2 Å². The van der Waals surface area contributed by atoms with Gasteiger partial charge < -0.3 is 10.5 Å². The van der Waals surface area contributed by atoms with E-state index in [9.17, 15) is 0 Å². The fraction of sp³-hybridized carbons (Fsp3) is 0.700. The van der Waals surface area contributed by atoms with Crippen LogP contribution in [0.5, 0.6) is 0 Å². The molecule has 0 spiro atoms. The van der Waals surface area contributed by atoms with Gasteiger partial charge in [-0.25, -0.2) is 0 Å². The molecule has 0 radical (unpaired) electrons. The van der Waals surface area contributed by atoms with Gasteiger partial charge in [0.1, 0.15) is 0 Å². The first-order valence-corrected chi connectivity index (χ1v) is 5.19. The predicted molar refractivity (Wildman–Crippen MR) is 53.7 cm³/mol. The standard InChI is InChI=1S/C10H17N3O/c11-7-10-6-9(12-13-10)5-8-1-3-14-4-2-8/h6,8H,1-5,7,11H2,(H,12,13). The van der Waals surface area contributed by atoms with Crippen LogP contribution in [0.25, 0.3) is 0 Å². The van der Waals surface area contributed by atoms with Crippen LogP contribution in [-0.4, -0.2) is 23.4 Å². The molecule has 4 nitrogen and oxygen atoms in total. The summed E-state index contributed by atoms with van der Waals surface area (Å²) in [5.41, 5.74) is 7.66. The molecule has 0 bridgehead atoms. The lowest BCUT2D eigenvalue weighted by molar-refractivity contribution is 0.0662. The number of rotatable bonds is 3. The molecule has 1 aromatic rings. The molecular formula is C10H17N3O. The van der Waals surface area contributed by atoms with Crippen LogP contribution >= 0.6 is 0 Å². The van der Waals surface area contributed by atoms with Gasteiger partial charge in [-0.15, -0.1) is 0 Å². The van der Waals surface area contributed by atoms with E-state index >= 15 is 0 Å². The molecule has 0 amide bonds. The third-order valence-corrected chi connectivity index (χ3v) is 2.74. The Kier molecular flexibility index (Phi) is 3.16. The molecule has 0 atom stereocenters. The normalized spacial score (nSPS) is 18.6. The monoisotopic (exact) mass is 195 g/mol. The van der Waals surface area contributed by atoms with Crippen molar-refractivity contribution in [3.8, 4) is 0 Å². The van der Waals surface area contributed by atoms with Crippen molar-refractivity contribution in [1.82, 2.24) is 10.2 Å². The molecule has 0 saturated carbocycles. The molecule has 2 heterocycles. The van der Waals surface area contributed by atoms with Crippen molar-refractivity contribution < 1.29 is 4.74 Å². The van der Waals surface area contributed by atoms with E-state index in [2.05, 4.69) is 16.3 Å². The molecular weight excluding hydrogens is 178 g/mol. The second kappa shape index (κ2) is 4.57. The zero-order valence-corrected chi connectivity index (χ0v) is 8.33. The summed E-state index contributed by atoms with van der Waals surface area (Å²) in [6, 6.07) is 2.06. The van der Waals surface area contributed by atoms with E-state index < -0.39 is 0 Å². The van der Waals surface area contributed by atoms with Crippen molar-refractivity contribution >= 4 is 0 Å². The smallest absolute Gasteiger partial charge is 0.0628 e. The Morgan fingerprint density at radius 3 is 2.93 bits per heavy atom. The number of nitrogens with one attached hydrogen (secondary N) is 1. The summed E-state index contributed by atoms with van der Waals surface area (Å²) in [7, 11) is 0. The van der Waals surface area contributed by atoms with Crippen molar-refractivity contribution in [2.75, 3.05) is 13.2 Å². The molecule has 1 saturated heterocycles. The van der Waals surface area contributed by atoms with Crippen molar-refractivity contribution in [2.45, 2.75) is 25.8 Å². The minimum absolute atomic E-state index is 0.542. The summed E-state index contributed by atoms with van der Waals surface area (Å²) in [5, 5.41) is 7.17. The van der Waals surface area contributed by atoms with E-state index in [-0.39, 0.29) is 0 Å². The third-order valence-electron chi connectivity index (χ3n) is 2.74. The van der Waals surface area contributed by atoms with E-state index in [1.54, 1.807) is 0 Å². The number of ether oxygens (including phenoxy) is 1. The van der Waals surface area contributed by atoms with E-state index in [0.29, 0.717) is 6.54 Å². The SMILES string of the molecule is NCc1cc(CC2CCOCC2)n[nH]1. The van der Waals surface area contributed by atoms with E-state index in [0.717, 1.165) is 49.8 Å². The highest BCUT2D eigenvalue weighted by Crippen LogP contribution is 2.19.